The minimum Gasteiger partial charge on any atom is -0.376 e. The molecule has 1 heterocycles. The van der Waals surface area contributed by atoms with Gasteiger partial charge in [-0.1, -0.05) is 18.2 Å². The molecule has 0 atom stereocenters. The Hall–Kier alpha value is -2.04. The standard InChI is InChI=1S/C19H27N3O2/c1-14-5-3-6-15(2)18(14)20-13-17(23)21-9-4-10-22(12-11-21)19(24)16-7-8-16/h3,5-6,16,20H,4,7-13H2,1-2H3. The van der Waals surface area contributed by atoms with Crippen molar-refractivity contribution in [3.8, 4) is 0 Å². The molecule has 0 bridgehead atoms. The molecular formula is C19H27N3O2. The van der Waals surface area contributed by atoms with Crippen molar-refractivity contribution in [2.45, 2.75) is 33.1 Å². The summed E-state index contributed by atoms with van der Waals surface area (Å²) < 4.78 is 0. The average molecular weight is 329 g/mol. The highest BCUT2D eigenvalue weighted by Crippen LogP contribution is 2.31. The molecule has 1 aliphatic carbocycles. The monoisotopic (exact) mass is 329 g/mol. The first kappa shape index (κ1) is 16.8. The number of para-hydroxylation sites is 1. The first-order chi connectivity index (χ1) is 11.6. The molecule has 1 saturated heterocycles. The van der Waals surface area contributed by atoms with Crippen LogP contribution in [0.1, 0.15) is 30.4 Å². The molecule has 2 fully saturated rings. The van der Waals surface area contributed by atoms with E-state index in [9.17, 15) is 9.59 Å². The zero-order valence-corrected chi connectivity index (χ0v) is 14.7. The van der Waals surface area contributed by atoms with Crippen molar-refractivity contribution in [1.29, 1.82) is 0 Å². The second-order valence-electron chi connectivity index (χ2n) is 6.95. The SMILES string of the molecule is Cc1cccc(C)c1NCC(=O)N1CCCN(C(=O)C2CC2)CC1. The number of rotatable bonds is 4. The number of hydrogen-bond acceptors (Lipinski definition) is 3. The highest BCUT2D eigenvalue weighted by atomic mass is 16.2. The summed E-state index contributed by atoms with van der Waals surface area (Å²) in [7, 11) is 0. The van der Waals surface area contributed by atoms with Gasteiger partial charge in [0.05, 0.1) is 6.54 Å². The Morgan fingerprint density at radius 1 is 1.04 bits per heavy atom. The van der Waals surface area contributed by atoms with E-state index in [0.29, 0.717) is 19.6 Å². The van der Waals surface area contributed by atoms with E-state index in [0.717, 1.165) is 49.2 Å². The lowest BCUT2D eigenvalue weighted by Crippen LogP contribution is -2.40. The van der Waals surface area contributed by atoms with Gasteiger partial charge in [-0.2, -0.15) is 0 Å². The summed E-state index contributed by atoms with van der Waals surface area (Å²) in [5, 5.41) is 3.29. The van der Waals surface area contributed by atoms with Crippen molar-refractivity contribution >= 4 is 17.5 Å². The molecular weight excluding hydrogens is 302 g/mol. The molecule has 5 nitrogen and oxygen atoms in total. The average Bonchev–Trinajstić information content (AvgIpc) is 3.40. The zero-order chi connectivity index (χ0) is 17.1. The lowest BCUT2D eigenvalue weighted by Gasteiger charge is -2.23. The minimum absolute atomic E-state index is 0.110. The Kier molecular flexibility index (Phi) is 5.07. The van der Waals surface area contributed by atoms with Crippen molar-refractivity contribution in [3.05, 3.63) is 29.3 Å². The number of hydrogen-bond donors (Lipinski definition) is 1. The summed E-state index contributed by atoms with van der Waals surface area (Å²) in [5.41, 5.74) is 3.35. The third-order valence-corrected chi connectivity index (χ3v) is 4.98. The van der Waals surface area contributed by atoms with Crippen LogP contribution in [0.4, 0.5) is 5.69 Å². The van der Waals surface area contributed by atoms with Crippen LogP contribution in [0.15, 0.2) is 18.2 Å². The fraction of sp³-hybridized carbons (Fsp3) is 0.579. The maximum atomic E-state index is 12.5. The Morgan fingerprint density at radius 2 is 1.67 bits per heavy atom. The van der Waals surface area contributed by atoms with E-state index in [-0.39, 0.29) is 17.7 Å². The molecule has 1 aliphatic heterocycles. The smallest absolute Gasteiger partial charge is 0.241 e. The van der Waals surface area contributed by atoms with Gasteiger partial charge in [0.1, 0.15) is 0 Å². The lowest BCUT2D eigenvalue weighted by atomic mass is 10.1. The van der Waals surface area contributed by atoms with Crippen molar-refractivity contribution in [2.24, 2.45) is 5.92 Å². The summed E-state index contributed by atoms with van der Waals surface area (Å²) in [4.78, 5) is 28.6. The third kappa shape index (κ3) is 3.89. The van der Waals surface area contributed by atoms with E-state index in [1.54, 1.807) is 0 Å². The second kappa shape index (κ2) is 7.24. The van der Waals surface area contributed by atoms with Crippen LogP contribution in [0, 0.1) is 19.8 Å². The van der Waals surface area contributed by atoms with Gasteiger partial charge < -0.3 is 15.1 Å². The number of benzene rings is 1. The van der Waals surface area contributed by atoms with Gasteiger partial charge in [0.2, 0.25) is 11.8 Å². The van der Waals surface area contributed by atoms with Gasteiger partial charge in [-0.25, -0.2) is 0 Å². The van der Waals surface area contributed by atoms with Gasteiger partial charge >= 0.3 is 0 Å². The van der Waals surface area contributed by atoms with Crippen LogP contribution in [0.3, 0.4) is 0 Å². The van der Waals surface area contributed by atoms with Gasteiger partial charge in [-0.3, -0.25) is 9.59 Å². The molecule has 130 valence electrons. The van der Waals surface area contributed by atoms with Crippen molar-refractivity contribution in [2.75, 3.05) is 38.0 Å². The Morgan fingerprint density at radius 3 is 2.33 bits per heavy atom. The Balaban J connectivity index is 1.52. The molecule has 2 amide bonds. The number of nitrogens with one attached hydrogen (secondary N) is 1. The van der Waals surface area contributed by atoms with E-state index < -0.39 is 0 Å². The highest BCUT2D eigenvalue weighted by molar-refractivity contribution is 5.82. The number of nitrogens with zero attached hydrogens (tertiary/aromatic N) is 2. The van der Waals surface area contributed by atoms with E-state index in [2.05, 4.69) is 5.32 Å². The lowest BCUT2D eigenvalue weighted by molar-refractivity contribution is -0.133. The predicted molar refractivity (Wildman–Crippen MR) is 94.9 cm³/mol. The summed E-state index contributed by atoms with van der Waals surface area (Å²) >= 11 is 0. The van der Waals surface area contributed by atoms with Crippen molar-refractivity contribution in [1.82, 2.24) is 9.80 Å². The molecule has 0 radical (unpaired) electrons. The van der Waals surface area contributed by atoms with E-state index in [4.69, 9.17) is 0 Å². The molecule has 1 aromatic rings. The fourth-order valence-corrected chi connectivity index (χ4v) is 3.34. The molecule has 3 rings (SSSR count). The van der Waals surface area contributed by atoms with E-state index in [1.165, 1.54) is 0 Å². The van der Waals surface area contributed by atoms with Crippen LogP contribution in [0.5, 0.6) is 0 Å². The van der Waals surface area contributed by atoms with Crippen molar-refractivity contribution in [3.63, 3.8) is 0 Å². The molecule has 0 spiro atoms. The van der Waals surface area contributed by atoms with Crippen LogP contribution in [0.25, 0.3) is 0 Å². The first-order valence-corrected chi connectivity index (χ1v) is 8.93. The molecule has 2 aliphatic rings. The summed E-state index contributed by atoms with van der Waals surface area (Å²) in [5.74, 6) is 0.661. The van der Waals surface area contributed by atoms with Gasteiger partial charge in [-0.05, 0) is 44.2 Å². The van der Waals surface area contributed by atoms with Crippen LogP contribution in [0.2, 0.25) is 0 Å². The fourth-order valence-electron chi connectivity index (χ4n) is 3.34. The zero-order valence-electron chi connectivity index (χ0n) is 14.7. The number of amides is 2. The van der Waals surface area contributed by atoms with E-state index >= 15 is 0 Å². The second-order valence-corrected chi connectivity index (χ2v) is 6.95. The molecule has 1 aromatic carbocycles. The predicted octanol–water partition coefficient (Wildman–Crippen LogP) is 2.19. The third-order valence-electron chi connectivity index (χ3n) is 4.98. The number of aryl methyl sites for hydroxylation is 2. The summed E-state index contributed by atoms with van der Waals surface area (Å²) in [6, 6.07) is 6.12. The number of carbonyl (C=O) groups is 2. The largest absolute Gasteiger partial charge is 0.376 e. The van der Waals surface area contributed by atoms with Gasteiger partial charge in [-0.15, -0.1) is 0 Å². The first-order valence-electron chi connectivity index (χ1n) is 8.93. The van der Waals surface area contributed by atoms with Gasteiger partial charge in [0, 0.05) is 37.8 Å². The van der Waals surface area contributed by atoms with Crippen LogP contribution in [-0.2, 0) is 9.59 Å². The molecule has 0 unspecified atom stereocenters. The van der Waals surface area contributed by atoms with Crippen LogP contribution in [-0.4, -0.2) is 54.3 Å². The molecule has 5 heteroatoms. The minimum atomic E-state index is 0.110. The molecule has 1 N–H and O–H groups in total. The van der Waals surface area contributed by atoms with E-state index in [1.807, 2.05) is 41.8 Å². The van der Waals surface area contributed by atoms with Crippen LogP contribution >= 0.6 is 0 Å². The topological polar surface area (TPSA) is 52.7 Å². The maximum Gasteiger partial charge on any atom is 0.241 e. The normalized spacial score (nSPS) is 18.2. The number of carbonyl (C=O) groups excluding carboxylic acids is 2. The quantitative estimate of drug-likeness (QED) is 0.921. The Bertz CT molecular complexity index is 605. The molecule has 24 heavy (non-hydrogen) atoms. The van der Waals surface area contributed by atoms with Gasteiger partial charge in [0.15, 0.2) is 0 Å². The van der Waals surface area contributed by atoms with Crippen LogP contribution < -0.4 is 5.32 Å². The van der Waals surface area contributed by atoms with Gasteiger partial charge in [0.25, 0.3) is 0 Å². The Labute approximate surface area is 144 Å². The van der Waals surface area contributed by atoms with Crippen molar-refractivity contribution < 1.29 is 9.59 Å². The summed E-state index contributed by atoms with van der Waals surface area (Å²) in [6.45, 7) is 7.24. The highest BCUT2D eigenvalue weighted by Gasteiger charge is 2.34. The maximum absolute atomic E-state index is 12.5. The summed E-state index contributed by atoms with van der Waals surface area (Å²) in [6.07, 6.45) is 2.95. The molecule has 0 aromatic heterocycles. The molecule has 1 saturated carbocycles. The number of anilines is 1.